The lowest BCUT2D eigenvalue weighted by molar-refractivity contribution is -0.119. The molecule has 0 atom stereocenters. The van der Waals surface area contributed by atoms with Crippen molar-refractivity contribution in [2.45, 2.75) is 13.3 Å². The summed E-state index contributed by atoms with van der Waals surface area (Å²) in [4.78, 5) is 25.2. The molecule has 0 radical (unpaired) electrons. The Hall–Kier alpha value is -2.18. The molecule has 1 heterocycles. The van der Waals surface area contributed by atoms with E-state index in [1.165, 1.54) is 24.0 Å². The fourth-order valence-corrected chi connectivity index (χ4v) is 4.02. The van der Waals surface area contributed by atoms with Gasteiger partial charge >= 0.3 is 5.97 Å². The lowest BCUT2D eigenvalue weighted by Crippen LogP contribution is -2.18. The van der Waals surface area contributed by atoms with Gasteiger partial charge in [0.25, 0.3) is 5.91 Å². The first-order valence-corrected chi connectivity index (χ1v) is 8.17. The number of benzene rings is 1. The lowest BCUT2D eigenvalue weighted by atomic mass is 10.1. The smallest absolute Gasteiger partial charge is 0.341 e. The van der Waals surface area contributed by atoms with Crippen LogP contribution in [0.15, 0.2) is 24.3 Å². The van der Waals surface area contributed by atoms with Crippen molar-refractivity contribution in [2.24, 2.45) is 0 Å². The molecule has 0 bridgehead atoms. The van der Waals surface area contributed by atoms with Gasteiger partial charge in [-0.1, -0.05) is 24.3 Å². The highest BCUT2D eigenvalue weighted by Gasteiger charge is 2.31. The van der Waals surface area contributed by atoms with E-state index in [1.54, 1.807) is 6.92 Å². The summed E-state index contributed by atoms with van der Waals surface area (Å²) in [6.45, 7) is 2.01. The minimum Gasteiger partial charge on any atom is -0.462 e. The molecule has 1 aliphatic rings. The zero-order valence-electron chi connectivity index (χ0n) is 13.0. The molecule has 0 saturated heterocycles. The molecule has 23 heavy (non-hydrogen) atoms. The molecule has 6 heteroatoms. The van der Waals surface area contributed by atoms with E-state index in [0.29, 0.717) is 23.6 Å². The van der Waals surface area contributed by atoms with Crippen LogP contribution in [0.4, 0.5) is 5.00 Å². The van der Waals surface area contributed by atoms with Gasteiger partial charge in [0, 0.05) is 18.4 Å². The minimum atomic E-state index is -0.398. The number of fused-ring (bicyclic) bond motifs is 3. The highest BCUT2D eigenvalue weighted by Crippen LogP contribution is 2.47. The monoisotopic (exact) mass is 331 g/mol. The molecule has 0 unspecified atom stereocenters. The van der Waals surface area contributed by atoms with Crippen LogP contribution in [0.1, 0.15) is 28.4 Å². The summed E-state index contributed by atoms with van der Waals surface area (Å²) in [5.41, 5.74) is 3.70. The largest absolute Gasteiger partial charge is 0.462 e. The number of ether oxygens (including phenoxy) is 2. The molecule has 2 aromatic rings. The molecular weight excluding hydrogens is 314 g/mol. The van der Waals surface area contributed by atoms with Gasteiger partial charge in [0.1, 0.15) is 11.6 Å². The zero-order chi connectivity index (χ0) is 16.4. The third-order valence-electron chi connectivity index (χ3n) is 3.64. The van der Waals surface area contributed by atoms with Crippen LogP contribution in [0.2, 0.25) is 0 Å². The lowest BCUT2D eigenvalue weighted by Gasteiger charge is -2.07. The Balaban J connectivity index is 2.04. The van der Waals surface area contributed by atoms with Gasteiger partial charge in [-0.05, 0) is 23.6 Å². The first-order valence-electron chi connectivity index (χ1n) is 7.35. The molecule has 1 N–H and O–H groups in total. The molecule has 1 aromatic heterocycles. The fourth-order valence-electron chi connectivity index (χ4n) is 2.74. The number of thiophene rings is 1. The Kier molecular flexibility index (Phi) is 4.45. The Morgan fingerprint density at radius 2 is 2.09 bits per heavy atom. The predicted molar refractivity (Wildman–Crippen MR) is 89.0 cm³/mol. The van der Waals surface area contributed by atoms with Crippen molar-refractivity contribution in [1.82, 2.24) is 0 Å². The molecular formula is C17H17NO4S. The quantitative estimate of drug-likeness (QED) is 0.730. The number of hydrogen-bond donors (Lipinski definition) is 1. The van der Waals surface area contributed by atoms with Crippen molar-refractivity contribution >= 4 is 28.2 Å². The number of methoxy groups -OCH3 is 1. The fraction of sp³-hybridized carbons (Fsp3) is 0.294. The molecule has 0 saturated carbocycles. The predicted octanol–water partition coefficient (Wildman–Crippen LogP) is 3.08. The van der Waals surface area contributed by atoms with Crippen molar-refractivity contribution < 1.29 is 19.1 Å². The van der Waals surface area contributed by atoms with E-state index in [0.717, 1.165) is 16.0 Å². The maximum Gasteiger partial charge on any atom is 0.341 e. The Labute approximate surface area is 138 Å². The third-order valence-corrected chi connectivity index (χ3v) is 4.82. The van der Waals surface area contributed by atoms with E-state index in [4.69, 9.17) is 9.47 Å². The van der Waals surface area contributed by atoms with Crippen LogP contribution < -0.4 is 5.32 Å². The highest BCUT2D eigenvalue weighted by atomic mass is 32.1. The second-order valence-electron chi connectivity index (χ2n) is 5.15. The summed E-state index contributed by atoms with van der Waals surface area (Å²) in [7, 11) is 1.45. The standard InChI is InChI=1S/C17H17NO4S/c1-3-22-17(20)14-12-8-10-6-4-5-7-11(10)15(12)23-16(14)18-13(19)9-21-2/h4-7H,3,8-9H2,1-2H3,(H,18,19). The third kappa shape index (κ3) is 2.87. The van der Waals surface area contributed by atoms with E-state index in [1.807, 2.05) is 18.2 Å². The van der Waals surface area contributed by atoms with Crippen LogP contribution in [0.5, 0.6) is 0 Å². The molecule has 0 spiro atoms. The van der Waals surface area contributed by atoms with Gasteiger partial charge in [0.2, 0.25) is 0 Å². The van der Waals surface area contributed by atoms with Crippen molar-refractivity contribution in [1.29, 1.82) is 0 Å². The molecule has 0 aliphatic heterocycles. The summed E-state index contributed by atoms with van der Waals surface area (Å²) >= 11 is 1.41. The second-order valence-corrected chi connectivity index (χ2v) is 6.17. The molecule has 1 aromatic carbocycles. The van der Waals surface area contributed by atoms with Gasteiger partial charge in [0.15, 0.2) is 0 Å². The summed E-state index contributed by atoms with van der Waals surface area (Å²) in [5.74, 6) is -0.684. The van der Waals surface area contributed by atoms with Crippen molar-refractivity contribution in [3.63, 3.8) is 0 Å². The van der Waals surface area contributed by atoms with Crippen LogP contribution in [0.25, 0.3) is 10.4 Å². The van der Waals surface area contributed by atoms with Gasteiger partial charge in [-0.3, -0.25) is 4.79 Å². The first kappa shape index (κ1) is 15.7. The second kappa shape index (κ2) is 6.52. The van der Waals surface area contributed by atoms with Gasteiger partial charge in [-0.2, -0.15) is 0 Å². The summed E-state index contributed by atoms with van der Waals surface area (Å²) in [6.07, 6.45) is 0.677. The van der Waals surface area contributed by atoms with Gasteiger partial charge in [-0.25, -0.2) is 4.79 Å². The summed E-state index contributed by atoms with van der Waals surface area (Å²) in [6, 6.07) is 8.05. The van der Waals surface area contributed by atoms with E-state index < -0.39 is 5.97 Å². The number of nitrogens with one attached hydrogen (secondary N) is 1. The van der Waals surface area contributed by atoms with E-state index in [2.05, 4.69) is 11.4 Å². The maximum atomic E-state index is 12.4. The SMILES string of the molecule is CCOC(=O)c1c(NC(=O)COC)sc2c1Cc1ccccc1-2. The van der Waals surface area contributed by atoms with Crippen molar-refractivity contribution in [3.8, 4) is 10.4 Å². The zero-order valence-corrected chi connectivity index (χ0v) is 13.8. The first-order chi connectivity index (χ1) is 11.2. The number of esters is 1. The van der Waals surface area contributed by atoms with E-state index >= 15 is 0 Å². The van der Waals surface area contributed by atoms with Crippen LogP contribution in [-0.4, -0.2) is 32.2 Å². The maximum absolute atomic E-state index is 12.4. The summed E-state index contributed by atoms with van der Waals surface area (Å²) in [5, 5.41) is 3.30. The van der Waals surface area contributed by atoms with Crippen molar-refractivity contribution in [2.75, 3.05) is 25.6 Å². The van der Waals surface area contributed by atoms with Crippen LogP contribution in [0.3, 0.4) is 0 Å². The van der Waals surface area contributed by atoms with Gasteiger partial charge in [-0.15, -0.1) is 11.3 Å². The molecule has 1 amide bonds. The number of rotatable bonds is 5. The van der Waals surface area contributed by atoms with Crippen LogP contribution in [0, 0.1) is 0 Å². The molecule has 120 valence electrons. The average Bonchev–Trinajstić information content (AvgIpc) is 3.03. The topological polar surface area (TPSA) is 64.6 Å². The molecule has 1 aliphatic carbocycles. The van der Waals surface area contributed by atoms with Crippen molar-refractivity contribution in [3.05, 3.63) is 41.0 Å². The number of carbonyl (C=O) groups excluding carboxylic acids is 2. The molecule has 5 nitrogen and oxygen atoms in total. The number of amides is 1. The number of hydrogen-bond acceptors (Lipinski definition) is 5. The Morgan fingerprint density at radius 1 is 1.30 bits per heavy atom. The summed E-state index contributed by atoms with van der Waals surface area (Å²) < 4.78 is 10.0. The van der Waals surface area contributed by atoms with Crippen LogP contribution >= 0.6 is 11.3 Å². The highest BCUT2D eigenvalue weighted by molar-refractivity contribution is 7.20. The minimum absolute atomic E-state index is 0.0541. The van der Waals surface area contributed by atoms with E-state index in [9.17, 15) is 9.59 Å². The van der Waals surface area contributed by atoms with E-state index in [-0.39, 0.29) is 12.5 Å². The average molecular weight is 331 g/mol. The Bertz CT molecular complexity index is 766. The normalized spacial score (nSPS) is 11.7. The number of anilines is 1. The molecule has 0 fully saturated rings. The Morgan fingerprint density at radius 3 is 2.83 bits per heavy atom. The molecule has 3 rings (SSSR count). The van der Waals surface area contributed by atoms with Gasteiger partial charge in [0.05, 0.1) is 12.2 Å². The van der Waals surface area contributed by atoms with Gasteiger partial charge < -0.3 is 14.8 Å². The number of carbonyl (C=O) groups is 2. The van der Waals surface area contributed by atoms with Crippen LogP contribution in [-0.2, 0) is 20.7 Å².